The molecule has 0 saturated heterocycles. The second kappa shape index (κ2) is 4.63. The third-order valence-electron chi connectivity index (χ3n) is 2.63. The molecule has 3 rings (SSSR count). The van der Waals surface area contributed by atoms with Crippen LogP contribution in [0.15, 0.2) is 60.9 Å². The lowest BCUT2D eigenvalue weighted by Gasteiger charge is -2.06. The van der Waals surface area contributed by atoms with E-state index in [9.17, 15) is 0 Å². The highest BCUT2D eigenvalue weighted by Gasteiger charge is 2.08. The van der Waals surface area contributed by atoms with Gasteiger partial charge < -0.3 is 0 Å². The Hall–Kier alpha value is -2.13. The number of nitrogens with zero attached hydrogens (tertiary/aromatic N) is 3. The van der Waals surface area contributed by atoms with Crippen molar-refractivity contribution in [2.75, 3.05) is 0 Å². The molecule has 88 valence electrons. The molecular formula is C14H10ClN3. The Labute approximate surface area is 110 Å². The van der Waals surface area contributed by atoms with Gasteiger partial charge in [-0.05, 0) is 30.3 Å². The summed E-state index contributed by atoms with van der Waals surface area (Å²) >= 11 is 5.99. The molecule has 0 fully saturated rings. The number of para-hydroxylation sites is 1. The molecule has 0 aliphatic rings. The average molecular weight is 256 g/mol. The van der Waals surface area contributed by atoms with Crippen LogP contribution in [0.2, 0.25) is 5.02 Å². The largest absolute Gasteiger partial charge is 0.255 e. The highest BCUT2D eigenvalue weighted by molar-refractivity contribution is 6.30. The summed E-state index contributed by atoms with van der Waals surface area (Å²) < 4.78 is 1.85. The Morgan fingerprint density at radius 1 is 0.944 bits per heavy atom. The van der Waals surface area contributed by atoms with Crippen molar-refractivity contribution in [2.45, 2.75) is 0 Å². The molecule has 0 unspecified atom stereocenters. The van der Waals surface area contributed by atoms with Crippen molar-refractivity contribution in [3.8, 4) is 17.1 Å². The number of pyridine rings is 1. The third-order valence-corrected chi connectivity index (χ3v) is 2.86. The van der Waals surface area contributed by atoms with Crippen LogP contribution in [0.25, 0.3) is 17.1 Å². The Bertz CT molecular complexity index is 662. The molecule has 2 heterocycles. The van der Waals surface area contributed by atoms with Gasteiger partial charge in [0, 0.05) is 11.2 Å². The minimum atomic E-state index is 0.667. The van der Waals surface area contributed by atoms with Gasteiger partial charge in [0.15, 0.2) is 0 Å². The first-order chi connectivity index (χ1) is 8.84. The van der Waals surface area contributed by atoms with Crippen LogP contribution in [-0.2, 0) is 0 Å². The predicted octanol–water partition coefficient (Wildman–Crippen LogP) is 3.59. The fourth-order valence-corrected chi connectivity index (χ4v) is 1.98. The van der Waals surface area contributed by atoms with E-state index in [-0.39, 0.29) is 0 Å². The highest BCUT2D eigenvalue weighted by atomic mass is 35.5. The molecule has 3 nitrogen and oxygen atoms in total. The molecule has 0 aliphatic carbocycles. The van der Waals surface area contributed by atoms with Gasteiger partial charge in [-0.25, -0.2) is 4.68 Å². The molecule has 0 bridgehead atoms. The van der Waals surface area contributed by atoms with Crippen molar-refractivity contribution in [3.63, 3.8) is 0 Å². The average Bonchev–Trinajstić information content (AvgIpc) is 2.89. The second-order valence-electron chi connectivity index (χ2n) is 3.82. The summed E-state index contributed by atoms with van der Waals surface area (Å²) in [7, 11) is 0. The minimum Gasteiger partial charge on any atom is -0.255 e. The van der Waals surface area contributed by atoms with Gasteiger partial charge >= 0.3 is 0 Å². The molecule has 18 heavy (non-hydrogen) atoms. The van der Waals surface area contributed by atoms with Gasteiger partial charge in [0.05, 0.1) is 23.3 Å². The van der Waals surface area contributed by atoms with Gasteiger partial charge in [-0.1, -0.05) is 29.8 Å². The van der Waals surface area contributed by atoms with Gasteiger partial charge in [-0.2, -0.15) is 5.10 Å². The van der Waals surface area contributed by atoms with E-state index in [1.807, 2.05) is 47.1 Å². The lowest BCUT2D eigenvalue weighted by molar-refractivity contribution is 0.884. The van der Waals surface area contributed by atoms with Crippen LogP contribution in [0.4, 0.5) is 0 Å². The molecule has 1 aromatic carbocycles. The fraction of sp³-hybridized carbons (Fsp3) is 0. The first-order valence-corrected chi connectivity index (χ1v) is 5.94. The van der Waals surface area contributed by atoms with Crippen molar-refractivity contribution < 1.29 is 0 Å². The van der Waals surface area contributed by atoms with Crippen LogP contribution >= 0.6 is 11.6 Å². The van der Waals surface area contributed by atoms with Crippen molar-refractivity contribution in [3.05, 3.63) is 65.9 Å². The van der Waals surface area contributed by atoms with Gasteiger partial charge in [-0.3, -0.25) is 4.98 Å². The Morgan fingerprint density at radius 2 is 1.78 bits per heavy atom. The number of benzene rings is 1. The fourth-order valence-electron chi connectivity index (χ4n) is 1.82. The van der Waals surface area contributed by atoms with Crippen LogP contribution in [0, 0.1) is 0 Å². The van der Waals surface area contributed by atoms with E-state index < -0.39 is 0 Å². The van der Waals surface area contributed by atoms with Crippen LogP contribution < -0.4 is 0 Å². The first-order valence-electron chi connectivity index (χ1n) is 5.56. The van der Waals surface area contributed by atoms with Crippen LogP contribution in [0.5, 0.6) is 0 Å². The monoisotopic (exact) mass is 255 g/mol. The number of hydrogen-bond donors (Lipinski definition) is 0. The van der Waals surface area contributed by atoms with Gasteiger partial charge in [0.1, 0.15) is 0 Å². The van der Waals surface area contributed by atoms with E-state index >= 15 is 0 Å². The van der Waals surface area contributed by atoms with Crippen LogP contribution in [-0.4, -0.2) is 14.8 Å². The molecule has 0 radical (unpaired) electrons. The van der Waals surface area contributed by atoms with Crippen LogP contribution in [0.3, 0.4) is 0 Å². The summed E-state index contributed by atoms with van der Waals surface area (Å²) in [5, 5.41) is 4.99. The smallest absolute Gasteiger partial charge is 0.0925 e. The standard InChI is InChI=1S/C14H10ClN3/c15-11-6-8-16-13(10-11)14-7-9-17-18(14)12-4-2-1-3-5-12/h1-10H. The van der Waals surface area contributed by atoms with E-state index in [0.29, 0.717) is 5.02 Å². The summed E-state index contributed by atoms with van der Waals surface area (Å²) in [6, 6.07) is 15.4. The van der Waals surface area contributed by atoms with Gasteiger partial charge in [0.25, 0.3) is 0 Å². The van der Waals surface area contributed by atoms with Crippen molar-refractivity contribution in [1.82, 2.24) is 14.8 Å². The second-order valence-corrected chi connectivity index (χ2v) is 4.26. The van der Waals surface area contributed by atoms with Crippen molar-refractivity contribution in [1.29, 1.82) is 0 Å². The Morgan fingerprint density at radius 3 is 2.56 bits per heavy atom. The maximum atomic E-state index is 5.99. The topological polar surface area (TPSA) is 30.7 Å². The zero-order valence-electron chi connectivity index (χ0n) is 9.49. The molecule has 0 amide bonds. The zero-order valence-corrected chi connectivity index (χ0v) is 10.2. The third kappa shape index (κ3) is 2.00. The SMILES string of the molecule is Clc1ccnc(-c2ccnn2-c2ccccc2)c1. The summed E-state index contributed by atoms with van der Waals surface area (Å²) in [6.07, 6.45) is 3.45. The predicted molar refractivity (Wildman–Crippen MR) is 71.8 cm³/mol. The quantitative estimate of drug-likeness (QED) is 0.701. The van der Waals surface area contributed by atoms with Gasteiger partial charge in [-0.15, -0.1) is 0 Å². The molecular weight excluding hydrogens is 246 g/mol. The molecule has 4 heteroatoms. The van der Waals surface area contributed by atoms with E-state index in [1.54, 1.807) is 18.5 Å². The van der Waals surface area contributed by atoms with E-state index in [4.69, 9.17) is 11.6 Å². The summed E-state index contributed by atoms with van der Waals surface area (Å²) in [4.78, 5) is 4.32. The number of hydrogen-bond acceptors (Lipinski definition) is 2. The molecule has 0 atom stereocenters. The molecule has 0 saturated carbocycles. The maximum Gasteiger partial charge on any atom is 0.0925 e. The highest BCUT2D eigenvalue weighted by Crippen LogP contribution is 2.22. The molecule has 0 N–H and O–H groups in total. The normalized spacial score (nSPS) is 10.5. The summed E-state index contributed by atoms with van der Waals surface area (Å²) in [6.45, 7) is 0. The Kier molecular flexibility index (Phi) is 2.82. The summed E-state index contributed by atoms with van der Waals surface area (Å²) in [5.41, 5.74) is 2.73. The first kappa shape index (κ1) is 11.0. The van der Waals surface area contributed by atoms with Gasteiger partial charge in [0.2, 0.25) is 0 Å². The lowest BCUT2D eigenvalue weighted by atomic mass is 10.2. The van der Waals surface area contributed by atoms with Crippen molar-refractivity contribution >= 4 is 11.6 Å². The minimum absolute atomic E-state index is 0.667. The van der Waals surface area contributed by atoms with Crippen LogP contribution in [0.1, 0.15) is 0 Å². The van der Waals surface area contributed by atoms with E-state index in [1.165, 1.54) is 0 Å². The molecule has 3 aromatic rings. The molecule has 2 aromatic heterocycles. The summed E-state index contributed by atoms with van der Waals surface area (Å²) in [5.74, 6) is 0. The number of halogens is 1. The van der Waals surface area contributed by atoms with E-state index in [0.717, 1.165) is 17.1 Å². The van der Waals surface area contributed by atoms with Crippen molar-refractivity contribution in [2.24, 2.45) is 0 Å². The number of rotatable bonds is 2. The maximum absolute atomic E-state index is 5.99. The molecule has 0 aliphatic heterocycles. The lowest BCUT2D eigenvalue weighted by Crippen LogP contribution is -1.99. The zero-order chi connectivity index (χ0) is 12.4. The molecule has 0 spiro atoms. The number of aromatic nitrogens is 3. The Balaban J connectivity index is 2.13. The van der Waals surface area contributed by atoms with E-state index in [2.05, 4.69) is 10.1 Å².